The maximum absolute atomic E-state index is 5.98. The molecule has 0 atom stereocenters. The summed E-state index contributed by atoms with van der Waals surface area (Å²) in [5.41, 5.74) is 9.56. The Kier molecular flexibility index (Phi) is 2.57. The summed E-state index contributed by atoms with van der Waals surface area (Å²) in [5, 5.41) is 11.1. The van der Waals surface area contributed by atoms with Gasteiger partial charge in [-0.1, -0.05) is 18.2 Å². The maximum Gasteiger partial charge on any atom is 0.0743 e. The van der Waals surface area contributed by atoms with Crippen LogP contribution in [0.2, 0.25) is 0 Å². The van der Waals surface area contributed by atoms with Gasteiger partial charge in [0.15, 0.2) is 0 Å². The number of nitrogens with one attached hydrogen (secondary N) is 2. The van der Waals surface area contributed by atoms with Crippen LogP contribution in [0, 0.1) is 0 Å². The molecule has 3 aromatic rings. The van der Waals surface area contributed by atoms with Gasteiger partial charge < -0.3 is 11.1 Å². The Hall–Kier alpha value is -2.56. The van der Waals surface area contributed by atoms with Crippen molar-refractivity contribution in [1.82, 2.24) is 15.2 Å². The first-order valence-corrected chi connectivity index (χ1v) is 5.69. The molecule has 0 bridgehead atoms. The number of hydrogen-bond donors (Lipinski definition) is 3. The van der Waals surface area contributed by atoms with E-state index < -0.39 is 0 Å². The Bertz CT molecular complexity index is 660. The van der Waals surface area contributed by atoms with Gasteiger partial charge in [0.2, 0.25) is 0 Å². The SMILES string of the molecule is Nc1cnc2ccccc2c1NCc1cn[nH]c1. The second-order valence-electron chi connectivity index (χ2n) is 4.07. The van der Waals surface area contributed by atoms with Gasteiger partial charge in [0, 0.05) is 23.7 Å². The number of nitrogen functional groups attached to an aromatic ring is 1. The van der Waals surface area contributed by atoms with E-state index in [1.807, 2.05) is 30.5 Å². The van der Waals surface area contributed by atoms with Crippen molar-refractivity contribution in [2.24, 2.45) is 0 Å². The van der Waals surface area contributed by atoms with Crippen LogP contribution in [0.4, 0.5) is 11.4 Å². The number of H-pyrrole nitrogens is 1. The van der Waals surface area contributed by atoms with Crippen molar-refractivity contribution in [3.8, 4) is 0 Å². The van der Waals surface area contributed by atoms with E-state index in [2.05, 4.69) is 20.5 Å². The third-order valence-electron chi connectivity index (χ3n) is 2.83. The average Bonchev–Trinajstić information content (AvgIpc) is 2.91. The molecule has 0 saturated carbocycles. The number of anilines is 2. The number of aromatic amines is 1. The lowest BCUT2D eigenvalue weighted by atomic mass is 10.1. The van der Waals surface area contributed by atoms with Crippen molar-refractivity contribution < 1.29 is 0 Å². The minimum atomic E-state index is 0.650. The summed E-state index contributed by atoms with van der Waals surface area (Å²) in [4.78, 5) is 4.30. The van der Waals surface area contributed by atoms with E-state index in [-0.39, 0.29) is 0 Å². The van der Waals surface area contributed by atoms with Gasteiger partial charge in [-0.3, -0.25) is 10.1 Å². The summed E-state index contributed by atoms with van der Waals surface area (Å²) in [7, 11) is 0. The number of fused-ring (bicyclic) bond motifs is 1. The molecule has 0 saturated heterocycles. The van der Waals surface area contributed by atoms with E-state index in [9.17, 15) is 0 Å². The third kappa shape index (κ3) is 1.86. The summed E-state index contributed by atoms with van der Waals surface area (Å²) in [6.07, 6.45) is 5.32. The van der Waals surface area contributed by atoms with E-state index in [1.54, 1.807) is 12.4 Å². The highest BCUT2D eigenvalue weighted by Gasteiger charge is 2.05. The Morgan fingerprint density at radius 2 is 2.11 bits per heavy atom. The molecule has 2 aromatic heterocycles. The van der Waals surface area contributed by atoms with E-state index in [1.165, 1.54) is 0 Å². The minimum Gasteiger partial charge on any atom is -0.396 e. The molecule has 3 rings (SSSR count). The second-order valence-corrected chi connectivity index (χ2v) is 4.07. The molecule has 4 N–H and O–H groups in total. The zero-order valence-electron chi connectivity index (χ0n) is 9.72. The van der Waals surface area contributed by atoms with Gasteiger partial charge in [-0.25, -0.2) is 0 Å². The highest BCUT2D eigenvalue weighted by molar-refractivity contribution is 5.96. The molecule has 0 fully saturated rings. The first kappa shape index (κ1) is 10.6. The number of nitrogens with zero attached hydrogens (tertiary/aromatic N) is 2. The standard InChI is InChI=1S/C13H13N5/c14-11-8-15-12-4-2-1-3-10(12)13(11)16-5-9-6-17-18-7-9/h1-4,6-8H,5,14H2,(H,15,16)(H,17,18). The lowest BCUT2D eigenvalue weighted by molar-refractivity contribution is 1.09. The quantitative estimate of drug-likeness (QED) is 0.654. The van der Waals surface area contributed by atoms with E-state index in [0.717, 1.165) is 22.2 Å². The summed E-state index contributed by atoms with van der Waals surface area (Å²) in [6.45, 7) is 0.675. The molecule has 0 radical (unpaired) electrons. The fraction of sp³-hybridized carbons (Fsp3) is 0.0769. The summed E-state index contributed by atoms with van der Waals surface area (Å²) < 4.78 is 0. The number of para-hydroxylation sites is 1. The monoisotopic (exact) mass is 239 g/mol. The fourth-order valence-electron chi connectivity index (χ4n) is 1.92. The van der Waals surface area contributed by atoms with Crippen molar-refractivity contribution in [3.05, 3.63) is 48.4 Å². The number of rotatable bonds is 3. The fourth-order valence-corrected chi connectivity index (χ4v) is 1.92. The molecule has 5 heteroatoms. The molecule has 90 valence electrons. The van der Waals surface area contributed by atoms with E-state index >= 15 is 0 Å². The Labute approximate surface area is 104 Å². The van der Waals surface area contributed by atoms with Crippen LogP contribution in [-0.2, 0) is 6.54 Å². The number of hydrogen-bond acceptors (Lipinski definition) is 4. The molecule has 5 nitrogen and oxygen atoms in total. The largest absolute Gasteiger partial charge is 0.396 e. The highest BCUT2D eigenvalue weighted by Crippen LogP contribution is 2.27. The van der Waals surface area contributed by atoms with Crippen LogP contribution in [0.3, 0.4) is 0 Å². The van der Waals surface area contributed by atoms with Crippen molar-refractivity contribution in [2.75, 3.05) is 11.1 Å². The van der Waals surface area contributed by atoms with Gasteiger partial charge in [-0.2, -0.15) is 5.10 Å². The van der Waals surface area contributed by atoms with Crippen molar-refractivity contribution >= 4 is 22.3 Å². The number of aromatic nitrogens is 3. The van der Waals surface area contributed by atoms with Crippen molar-refractivity contribution in [1.29, 1.82) is 0 Å². The van der Waals surface area contributed by atoms with Crippen LogP contribution in [0.15, 0.2) is 42.9 Å². The maximum atomic E-state index is 5.98. The molecule has 0 spiro atoms. The smallest absolute Gasteiger partial charge is 0.0743 e. The van der Waals surface area contributed by atoms with Gasteiger partial charge >= 0.3 is 0 Å². The van der Waals surface area contributed by atoms with E-state index in [0.29, 0.717) is 12.2 Å². The van der Waals surface area contributed by atoms with Crippen LogP contribution in [0.25, 0.3) is 10.9 Å². The van der Waals surface area contributed by atoms with Crippen molar-refractivity contribution in [2.45, 2.75) is 6.54 Å². The number of benzene rings is 1. The van der Waals surface area contributed by atoms with Gasteiger partial charge in [-0.05, 0) is 6.07 Å². The first-order chi connectivity index (χ1) is 8.84. The van der Waals surface area contributed by atoms with Gasteiger partial charge in [0.05, 0.1) is 29.3 Å². The Morgan fingerprint density at radius 1 is 1.22 bits per heavy atom. The highest BCUT2D eigenvalue weighted by atomic mass is 15.1. The van der Waals surface area contributed by atoms with Crippen molar-refractivity contribution in [3.63, 3.8) is 0 Å². The number of nitrogens with two attached hydrogens (primary N) is 1. The normalized spacial score (nSPS) is 10.7. The Balaban J connectivity index is 1.97. The van der Waals surface area contributed by atoms with Crippen LogP contribution in [0.1, 0.15) is 5.56 Å². The van der Waals surface area contributed by atoms with Crippen LogP contribution in [0.5, 0.6) is 0 Å². The van der Waals surface area contributed by atoms with Crippen LogP contribution >= 0.6 is 0 Å². The number of pyridine rings is 1. The molecule has 1 aromatic carbocycles. The molecule has 0 aliphatic carbocycles. The topological polar surface area (TPSA) is 79.6 Å². The first-order valence-electron chi connectivity index (χ1n) is 5.69. The molecule has 0 unspecified atom stereocenters. The lowest BCUT2D eigenvalue weighted by Gasteiger charge is -2.11. The van der Waals surface area contributed by atoms with Crippen LogP contribution in [-0.4, -0.2) is 15.2 Å². The molecule has 18 heavy (non-hydrogen) atoms. The minimum absolute atomic E-state index is 0.650. The second kappa shape index (κ2) is 4.37. The summed E-state index contributed by atoms with van der Waals surface area (Å²) >= 11 is 0. The zero-order valence-corrected chi connectivity index (χ0v) is 9.72. The van der Waals surface area contributed by atoms with Gasteiger partial charge in [0.25, 0.3) is 0 Å². The van der Waals surface area contributed by atoms with Crippen LogP contribution < -0.4 is 11.1 Å². The third-order valence-corrected chi connectivity index (χ3v) is 2.83. The predicted molar refractivity (Wildman–Crippen MR) is 72.1 cm³/mol. The van der Waals surface area contributed by atoms with Gasteiger partial charge in [-0.15, -0.1) is 0 Å². The lowest BCUT2D eigenvalue weighted by Crippen LogP contribution is -2.03. The average molecular weight is 239 g/mol. The molecule has 0 amide bonds. The molecule has 2 heterocycles. The zero-order chi connectivity index (χ0) is 12.4. The molecular formula is C13H13N5. The molecule has 0 aliphatic heterocycles. The summed E-state index contributed by atoms with van der Waals surface area (Å²) in [6, 6.07) is 7.92. The Morgan fingerprint density at radius 3 is 2.94 bits per heavy atom. The molecular weight excluding hydrogens is 226 g/mol. The summed E-state index contributed by atoms with van der Waals surface area (Å²) in [5.74, 6) is 0. The van der Waals surface area contributed by atoms with E-state index in [4.69, 9.17) is 5.73 Å². The van der Waals surface area contributed by atoms with Gasteiger partial charge in [0.1, 0.15) is 0 Å². The predicted octanol–water partition coefficient (Wildman–Crippen LogP) is 2.15. The molecule has 0 aliphatic rings.